The lowest BCUT2D eigenvalue weighted by molar-refractivity contribution is -0.139. The van der Waals surface area contributed by atoms with Gasteiger partial charge in [0.1, 0.15) is 11.9 Å². The van der Waals surface area contributed by atoms with Crippen molar-refractivity contribution in [3.8, 4) is 11.5 Å². The van der Waals surface area contributed by atoms with Crippen LogP contribution in [0.15, 0.2) is 72.8 Å². The number of hydrogen-bond acceptors (Lipinski definition) is 4. The number of nitrogens with one attached hydrogen (secondary N) is 1. The molecule has 3 aromatic rings. The zero-order valence-corrected chi connectivity index (χ0v) is 20.3. The fourth-order valence-corrected chi connectivity index (χ4v) is 3.89. The van der Waals surface area contributed by atoms with E-state index in [4.69, 9.17) is 9.47 Å². The van der Waals surface area contributed by atoms with Crippen LogP contribution in [-0.2, 0) is 29.0 Å². The van der Waals surface area contributed by atoms with Gasteiger partial charge in [0.2, 0.25) is 11.8 Å². The summed E-state index contributed by atoms with van der Waals surface area (Å²) in [5.74, 6) is 0.440. The van der Waals surface area contributed by atoms with Crippen LogP contribution in [-0.4, -0.2) is 43.5 Å². The summed E-state index contributed by atoms with van der Waals surface area (Å²) in [5.41, 5.74) is 2.67. The third kappa shape index (κ3) is 7.30. The summed E-state index contributed by atoms with van der Waals surface area (Å²) in [5, 5.41) is 2.98. The minimum absolute atomic E-state index is 0.205. The standard InChI is InChI=1S/C28H31FN2O4/c1-20(32)31(19-23-9-12-24(29)13-10-23)25(17-21-7-5-4-6-8-21)28(33)30-16-15-22-11-14-26(34-2)27(18-22)35-3/h4-14,18,25H,15-17,19H2,1-3H3,(H,30,33). The largest absolute Gasteiger partial charge is 0.493 e. The fraction of sp³-hybridized carbons (Fsp3) is 0.286. The van der Waals surface area contributed by atoms with Crippen LogP contribution in [0.1, 0.15) is 23.6 Å². The first-order chi connectivity index (χ1) is 16.9. The smallest absolute Gasteiger partial charge is 0.243 e. The van der Waals surface area contributed by atoms with Crippen LogP contribution < -0.4 is 14.8 Å². The number of halogens is 1. The highest BCUT2D eigenvalue weighted by Crippen LogP contribution is 2.27. The molecule has 0 radical (unpaired) electrons. The van der Waals surface area contributed by atoms with Crippen LogP contribution in [0.4, 0.5) is 4.39 Å². The first-order valence-electron chi connectivity index (χ1n) is 11.5. The summed E-state index contributed by atoms with van der Waals surface area (Å²) in [6.45, 7) is 2.04. The van der Waals surface area contributed by atoms with Crippen molar-refractivity contribution < 1.29 is 23.5 Å². The van der Waals surface area contributed by atoms with E-state index in [1.54, 1.807) is 26.4 Å². The van der Waals surface area contributed by atoms with E-state index in [0.717, 1.165) is 16.7 Å². The topological polar surface area (TPSA) is 67.9 Å². The number of rotatable bonds is 11. The third-order valence-corrected chi connectivity index (χ3v) is 5.78. The van der Waals surface area contributed by atoms with Crippen molar-refractivity contribution in [1.82, 2.24) is 10.2 Å². The molecule has 0 saturated carbocycles. The second kappa shape index (κ2) is 12.6. The molecule has 0 aliphatic carbocycles. The SMILES string of the molecule is COc1ccc(CCNC(=O)C(Cc2ccccc2)N(Cc2ccc(F)cc2)C(C)=O)cc1OC. The molecule has 1 unspecified atom stereocenters. The fourth-order valence-electron chi connectivity index (χ4n) is 3.89. The Morgan fingerprint density at radius 2 is 1.54 bits per heavy atom. The second-order valence-electron chi connectivity index (χ2n) is 8.21. The van der Waals surface area contributed by atoms with Crippen molar-refractivity contribution in [3.63, 3.8) is 0 Å². The van der Waals surface area contributed by atoms with Gasteiger partial charge in [0, 0.05) is 26.4 Å². The lowest BCUT2D eigenvalue weighted by Crippen LogP contribution is -2.50. The first-order valence-corrected chi connectivity index (χ1v) is 11.5. The van der Waals surface area contributed by atoms with Gasteiger partial charge in [-0.25, -0.2) is 4.39 Å². The Morgan fingerprint density at radius 3 is 2.17 bits per heavy atom. The number of hydrogen-bond donors (Lipinski definition) is 1. The summed E-state index contributed by atoms with van der Waals surface area (Å²) in [7, 11) is 3.16. The van der Waals surface area contributed by atoms with E-state index < -0.39 is 6.04 Å². The molecule has 0 fully saturated rings. The van der Waals surface area contributed by atoms with Crippen molar-refractivity contribution in [3.05, 3.63) is 95.3 Å². The van der Waals surface area contributed by atoms with Crippen molar-refractivity contribution in [1.29, 1.82) is 0 Å². The molecule has 1 atom stereocenters. The molecule has 2 amide bonds. The molecular weight excluding hydrogens is 447 g/mol. The monoisotopic (exact) mass is 478 g/mol. The van der Waals surface area contributed by atoms with Gasteiger partial charge in [-0.1, -0.05) is 48.5 Å². The second-order valence-corrected chi connectivity index (χ2v) is 8.21. The zero-order valence-electron chi connectivity index (χ0n) is 20.3. The van der Waals surface area contributed by atoms with E-state index in [0.29, 0.717) is 30.9 Å². The van der Waals surface area contributed by atoms with Gasteiger partial charge in [-0.2, -0.15) is 0 Å². The highest BCUT2D eigenvalue weighted by atomic mass is 19.1. The van der Waals surface area contributed by atoms with Crippen LogP contribution in [0.5, 0.6) is 11.5 Å². The van der Waals surface area contributed by atoms with Gasteiger partial charge in [-0.15, -0.1) is 0 Å². The Bertz CT molecular complexity index is 1120. The Hall–Kier alpha value is -3.87. The van der Waals surface area contributed by atoms with Crippen molar-refractivity contribution in [2.24, 2.45) is 0 Å². The number of carbonyl (C=O) groups excluding carboxylic acids is 2. The molecular formula is C28H31FN2O4. The van der Waals surface area contributed by atoms with Gasteiger partial charge in [0.05, 0.1) is 14.2 Å². The number of nitrogens with zero attached hydrogens (tertiary/aromatic N) is 1. The molecule has 3 rings (SSSR count). The molecule has 0 aliphatic heterocycles. The predicted molar refractivity (Wildman–Crippen MR) is 133 cm³/mol. The molecule has 0 aromatic heterocycles. The van der Waals surface area contributed by atoms with Gasteiger partial charge in [0.15, 0.2) is 11.5 Å². The normalized spacial score (nSPS) is 11.4. The van der Waals surface area contributed by atoms with E-state index >= 15 is 0 Å². The Morgan fingerprint density at radius 1 is 0.886 bits per heavy atom. The van der Waals surface area contributed by atoms with Crippen LogP contribution in [0.2, 0.25) is 0 Å². The van der Waals surface area contributed by atoms with E-state index in [1.165, 1.54) is 24.0 Å². The maximum Gasteiger partial charge on any atom is 0.243 e. The van der Waals surface area contributed by atoms with Crippen molar-refractivity contribution in [2.45, 2.75) is 32.4 Å². The lowest BCUT2D eigenvalue weighted by atomic mass is 10.0. The first kappa shape index (κ1) is 25.7. The van der Waals surface area contributed by atoms with E-state index in [1.807, 2.05) is 48.5 Å². The molecule has 0 spiro atoms. The van der Waals surface area contributed by atoms with Crippen LogP contribution in [0.25, 0.3) is 0 Å². The molecule has 6 nitrogen and oxygen atoms in total. The van der Waals surface area contributed by atoms with E-state index in [-0.39, 0.29) is 24.2 Å². The van der Waals surface area contributed by atoms with E-state index in [2.05, 4.69) is 5.32 Å². The van der Waals surface area contributed by atoms with Gasteiger partial charge in [-0.05, 0) is 47.4 Å². The van der Waals surface area contributed by atoms with Crippen molar-refractivity contribution >= 4 is 11.8 Å². The maximum atomic E-state index is 13.4. The van der Waals surface area contributed by atoms with Gasteiger partial charge < -0.3 is 19.7 Å². The number of benzene rings is 3. The molecule has 0 saturated heterocycles. The van der Waals surface area contributed by atoms with Gasteiger partial charge >= 0.3 is 0 Å². The molecule has 184 valence electrons. The number of amides is 2. The Kier molecular flexibility index (Phi) is 9.23. The summed E-state index contributed by atoms with van der Waals surface area (Å²) in [4.78, 5) is 27.5. The van der Waals surface area contributed by atoms with Crippen molar-refractivity contribution in [2.75, 3.05) is 20.8 Å². The van der Waals surface area contributed by atoms with Crippen LogP contribution in [0.3, 0.4) is 0 Å². The Balaban J connectivity index is 1.75. The summed E-state index contributed by atoms with van der Waals surface area (Å²) in [6.07, 6.45) is 0.950. The maximum absolute atomic E-state index is 13.4. The predicted octanol–water partition coefficient (Wildman–Crippen LogP) is 4.16. The highest BCUT2D eigenvalue weighted by Gasteiger charge is 2.28. The molecule has 0 aliphatic rings. The average Bonchev–Trinajstić information content (AvgIpc) is 2.87. The third-order valence-electron chi connectivity index (χ3n) is 5.78. The van der Waals surface area contributed by atoms with Gasteiger partial charge in [-0.3, -0.25) is 9.59 Å². The van der Waals surface area contributed by atoms with E-state index in [9.17, 15) is 14.0 Å². The molecule has 0 heterocycles. The number of methoxy groups -OCH3 is 2. The number of ether oxygens (including phenoxy) is 2. The Labute approximate surface area is 205 Å². The average molecular weight is 479 g/mol. The van der Waals surface area contributed by atoms with Gasteiger partial charge in [0.25, 0.3) is 0 Å². The quantitative estimate of drug-likeness (QED) is 0.449. The minimum Gasteiger partial charge on any atom is -0.493 e. The number of carbonyl (C=O) groups is 2. The summed E-state index contributed by atoms with van der Waals surface area (Å²) >= 11 is 0. The summed E-state index contributed by atoms with van der Waals surface area (Å²) < 4.78 is 24.0. The zero-order chi connectivity index (χ0) is 25.2. The molecule has 1 N–H and O–H groups in total. The highest BCUT2D eigenvalue weighted by molar-refractivity contribution is 5.87. The molecule has 7 heteroatoms. The molecule has 35 heavy (non-hydrogen) atoms. The summed E-state index contributed by atoms with van der Waals surface area (Å²) in [6, 6.07) is 20.4. The molecule has 0 bridgehead atoms. The lowest BCUT2D eigenvalue weighted by Gasteiger charge is -2.30. The van der Waals surface area contributed by atoms with Crippen LogP contribution in [0, 0.1) is 5.82 Å². The molecule has 3 aromatic carbocycles. The van der Waals surface area contributed by atoms with Crippen LogP contribution >= 0.6 is 0 Å². The minimum atomic E-state index is -0.717.